The molecule has 2 saturated heterocycles. The minimum atomic E-state index is 0.500. The quantitative estimate of drug-likeness (QED) is 0.863. The van der Waals surface area contributed by atoms with E-state index in [-0.39, 0.29) is 0 Å². The van der Waals surface area contributed by atoms with Gasteiger partial charge in [0.25, 0.3) is 0 Å². The van der Waals surface area contributed by atoms with E-state index in [2.05, 4.69) is 35.7 Å². The normalized spacial score (nSPS) is 24.9. The summed E-state index contributed by atoms with van der Waals surface area (Å²) < 4.78 is 6.21. The fraction of sp³-hybridized carbons (Fsp3) is 0.667. The van der Waals surface area contributed by atoms with Crippen LogP contribution in [0.2, 0.25) is 0 Å². The minimum absolute atomic E-state index is 0.500. The first-order valence-corrected chi connectivity index (χ1v) is 7.37. The number of nitrogen functional groups attached to an aromatic ring is 1. The summed E-state index contributed by atoms with van der Waals surface area (Å²) in [4.78, 5) is 13.1. The zero-order valence-corrected chi connectivity index (χ0v) is 12.3. The topological polar surface area (TPSA) is 67.5 Å². The van der Waals surface area contributed by atoms with E-state index in [0.29, 0.717) is 11.9 Å². The molecule has 0 amide bonds. The highest BCUT2D eigenvalue weighted by atomic mass is 79.9. The molecule has 3 rings (SSSR count). The first kappa shape index (κ1) is 13.1. The Morgan fingerprint density at radius 2 is 2.05 bits per heavy atom. The molecule has 0 bridgehead atoms. The first-order valence-electron chi connectivity index (χ1n) is 6.58. The molecule has 3 heterocycles. The molecular weight excluding hydrogens is 310 g/mol. The van der Waals surface area contributed by atoms with Crippen molar-refractivity contribution in [2.24, 2.45) is 0 Å². The standard InChI is InChI=1S/C12H18BrN5O/c13-10-11(14)15-8-16-12(10)18-2-1-9(7-18)17-3-5-19-6-4-17/h8-9H,1-7H2,(H2,14,15,16). The summed E-state index contributed by atoms with van der Waals surface area (Å²) in [5, 5.41) is 0. The van der Waals surface area contributed by atoms with E-state index in [1.165, 1.54) is 6.33 Å². The van der Waals surface area contributed by atoms with Crippen LogP contribution in [0.1, 0.15) is 6.42 Å². The number of halogens is 1. The lowest BCUT2D eigenvalue weighted by Crippen LogP contribution is -2.44. The van der Waals surface area contributed by atoms with Crippen LogP contribution >= 0.6 is 15.9 Å². The molecule has 1 aromatic heterocycles. The largest absolute Gasteiger partial charge is 0.383 e. The number of aromatic nitrogens is 2. The Balaban J connectivity index is 1.69. The summed E-state index contributed by atoms with van der Waals surface area (Å²) in [7, 11) is 0. The second-order valence-corrected chi connectivity index (χ2v) is 5.73. The lowest BCUT2D eigenvalue weighted by atomic mass is 10.2. The zero-order valence-electron chi connectivity index (χ0n) is 10.8. The van der Waals surface area contributed by atoms with Gasteiger partial charge in [0.2, 0.25) is 0 Å². The SMILES string of the molecule is Nc1ncnc(N2CCC(N3CCOCC3)C2)c1Br. The van der Waals surface area contributed by atoms with E-state index in [1.54, 1.807) is 0 Å². The number of anilines is 2. The summed E-state index contributed by atoms with van der Waals surface area (Å²) in [6, 6.07) is 0.590. The van der Waals surface area contributed by atoms with Crippen LogP contribution in [0.15, 0.2) is 10.8 Å². The first-order chi connectivity index (χ1) is 9.25. The number of rotatable bonds is 2. The molecular formula is C12H18BrN5O. The Morgan fingerprint density at radius 3 is 2.84 bits per heavy atom. The van der Waals surface area contributed by atoms with Crippen LogP contribution in [-0.2, 0) is 4.74 Å². The monoisotopic (exact) mass is 327 g/mol. The molecule has 104 valence electrons. The van der Waals surface area contributed by atoms with Crippen LogP contribution in [-0.4, -0.2) is 60.3 Å². The van der Waals surface area contributed by atoms with Crippen molar-refractivity contribution in [3.05, 3.63) is 10.8 Å². The summed E-state index contributed by atoms with van der Waals surface area (Å²) in [5.41, 5.74) is 5.81. The van der Waals surface area contributed by atoms with Gasteiger partial charge in [0.1, 0.15) is 22.4 Å². The lowest BCUT2D eigenvalue weighted by molar-refractivity contribution is 0.0209. The molecule has 6 nitrogen and oxygen atoms in total. The zero-order chi connectivity index (χ0) is 13.2. The Bertz CT molecular complexity index is 452. The maximum atomic E-state index is 5.81. The van der Waals surface area contributed by atoms with Gasteiger partial charge in [-0.15, -0.1) is 0 Å². The number of hydrogen-bond donors (Lipinski definition) is 1. The number of hydrogen-bond acceptors (Lipinski definition) is 6. The van der Waals surface area contributed by atoms with E-state index in [4.69, 9.17) is 10.5 Å². The lowest BCUT2D eigenvalue weighted by Gasteiger charge is -2.32. The minimum Gasteiger partial charge on any atom is -0.383 e. The number of nitrogens with two attached hydrogens (primary N) is 1. The second-order valence-electron chi connectivity index (χ2n) is 4.93. The maximum absolute atomic E-state index is 5.81. The van der Waals surface area contributed by atoms with Crippen molar-refractivity contribution in [3.8, 4) is 0 Å². The van der Waals surface area contributed by atoms with Crippen molar-refractivity contribution in [1.29, 1.82) is 0 Å². The van der Waals surface area contributed by atoms with Crippen molar-refractivity contribution < 1.29 is 4.74 Å². The van der Waals surface area contributed by atoms with Gasteiger partial charge in [-0.25, -0.2) is 9.97 Å². The van der Waals surface area contributed by atoms with Crippen molar-refractivity contribution in [2.45, 2.75) is 12.5 Å². The van der Waals surface area contributed by atoms with Gasteiger partial charge >= 0.3 is 0 Å². The van der Waals surface area contributed by atoms with Crippen LogP contribution < -0.4 is 10.6 Å². The van der Waals surface area contributed by atoms with Crippen molar-refractivity contribution in [2.75, 3.05) is 50.0 Å². The molecule has 2 aliphatic heterocycles. The van der Waals surface area contributed by atoms with Gasteiger partial charge in [0.05, 0.1) is 13.2 Å². The van der Waals surface area contributed by atoms with E-state index in [0.717, 1.165) is 56.1 Å². The predicted octanol–water partition coefficient (Wildman–Crippen LogP) is 0.732. The molecule has 2 N–H and O–H groups in total. The highest BCUT2D eigenvalue weighted by Gasteiger charge is 2.30. The van der Waals surface area contributed by atoms with Crippen LogP contribution in [0, 0.1) is 0 Å². The van der Waals surface area contributed by atoms with E-state index >= 15 is 0 Å². The van der Waals surface area contributed by atoms with E-state index < -0.39 is 0 Å². The van der Waals surface area contributed by atoms with Crippen LogP contribution in [0.3, 0.4) is 0 Å². The van der Waals surface area contributed by atoms with Gasteiger partial charge in [0, 0.05) is 32.2 Å². The third kappa shape index (κ3) is 2.68. The average Bonchev–Trinajstić information content (AvgIpc) is 2.92. The fourth-order valence-electron chi connectivity index (χ4n) is 2.77. The third-order valence-corrected chi connectivity index (χ3v) is 4.58. The van der Waals surface area contributed by atoms with E-state index in [9.17, 15) is 0 Å². The van der Waals surface area contributed by atoms with Gasteiger partial charge in [-0.2, -0.15) is 0 Å². The third-order valence-electron chi connectivity index (χ3n) is 3.82. The molecule has 1 unspecified atom stereocenters. The Morgan fingerprint density at radius 1 is 1.26 bits per heavy atom. The molecule has 2 fully saturated rings. The van der Waals surface area contributed by atoms with Crippen LogP contribution in [0.5, 0.6) is 0 Å². The molecule has 2 aliphatic rings. The van der Waals surface area contributed by atoms with Gasteiger partial charge in [0.15, 0.2) is 0 Å². The predicted molar refractivity (Wildman–Crippen MR) is 77.2 cm³/mol. The number of morpholine rings is 1. The Hall–Kier alpha value is -0.920. The average molecular weight is 328 g/mol. The summed E-state index contributed by atoms with van der Waals surface area (Å²) in [5.74, 6) is 1.41. The van der Waals surface area contributed by atoms with Crippen molar-refractivity contribution in [3.63, 3.8) is 0 Å². The Kier molecular flexibility index (Phi) is 3.86. The van der Waals surface area contributed by atoms with Crippen molar-refractivity contribution >= 4 is 27.6 Å². The molecule has 0 saturated carbocycles. The summed E-state index contributed by atoms with van der Waals surface area (Å²) >= 11 is 3.48. The van der Waals surface area contributed by atoms with Crippen LogP contribution in [0.4, 0.5) is 11.6 Å². The highest BCUT2D eigenvalue weighted by molar-refractivity contribution is 9.10. The Labute approximate surface area is 121 Å². The molecule has 7 heteroatoms. The molecule has 0 aromatic carbocycles. The summed E-state index contributed by atoms with van der Waals surface area (Å²) in [6.45, 7) is 5.77. The van der Waals surface area contributed by atoms with Gasteiger partial charge < -0.3 is 15.4 Å². The van der Waals surface area contributed by atoms with E-state index in [1.807, 2.05) is 0 Å². The number of ether oxygens (including phenoxy) is 1. The molecule has 0 aliphatic carbocycles. The molecule has 0 radical (unpaired) electrons. The highest BCUT2D eigenvalue weighted by Crippen LogP contribution is 2.30. The second kappa shape index (κ2) is 5.60. The molecule has 19 heavy (non-hydrogen) atoms. The molecule has 1 atom stereocenters. The molecule has 0 spiro atoms. The van der Waals surface area contributed by atoms with Gasteiger partial charge in [-0.3, -0.25) is 4.90 Å². The molecule has 1 aromatic rings. The van der Waals surface area contributed by atoms with Gasteiger partial charge in [-0.1, -0.05) is 0 Å². The summed E-state index contributed by atoms with van der Waals surface area (Å²) in [6.07, 6.45) is 2.69. The maximum Gasteiger partial charge on any atom is 0.148 e. The fourth-order valence-corrected chi connectivity index (χ4v) is 3.22. The van der Waals surface area contributed by atoms with Crippen LogP contribution in [0.25, 0.3) is 0 Å². The van der Waals surface area contributed by atoms with Crippen molar-refractivity contribution in [1.82, 2.24) is 14.9 Å². The smallest absolute Gasteiger partial charge is 0.148 e. The van der Waals surface area contributed by atoms with Gasteiger partial charge in [-0.05, 0) is 22.4 Å². The number of nitrogens with zero attached hydrogens (tertiary/aromatic N) is 4.